The fourth-order valence-corrected chi connectivity index (χ4v) is 3.20. The van der Waals surface area contributed by atoms with Crippen molar-refractivity contribution in [3.63, 3.8) is 0 Å². The number of aromatic nitrogens is 1. The van der Waals surface area contributed by atoms with E-state index < -0.39 is 6.04 Å². The quantitative estimate of drug-likeness (QED) is 0.601. The Kier molecular flexibility index (Phi) is 9.37. The van der Waals surface area contributed by atoms with E-state index in [-0.39, 0.29) is 36.7 Å². The second-order valence-corrected chi connectivity index (χ2v) is 7.62. The van der Waals surface area contributed by atoms with Gasteiger partial charge in [0.2, 0.25) is 11.8 Å². The Bertz CT molecular complexity index is 793. The molecule has 4 N–H and O–H groups in total. The van der Waals surface area contributed by atoms with Gasteiger partial charge in [-0.15, -0.1) is 23.7 Å². The summed E-state index contributed by atoms with van der Waals surface area (Å²) in [4.78, 5) is 29.4. The molecule has 154 valence electrons. The first-order valence-electron chi connectivity index (χ1n) is 8.85. The van der Waals surface area contributed by atoms with Gasteiger partial charge in [-0.3, -0.25) is 9.59 Å². The van der Waals surface area contributed by atoms with Crippen LogP contribution in [0.3, 0.4) is 0 Å². The molecular formula is C19H27ClN4O3S. The monoisotopic (exact) mass is 426 g/mol. The fourth-order valence-electron chi connectivity index (χ4n) is 2.34. The number of amides is 2. The first kappa shape index (κ1) is 23.9. The summed E-state index contributed by atoms with van der Waals surface area (Å²) in [6, 6.07) is 7.02. The number of aryl methyl sites for hydroxylation is 1. The number of anilines is 1. The van der Waals surface area contributed by atoms with Gasteiger partial charge in [0.25, 0.3) is 0 Å². The van der Waals surface area contributed by atoms with E-state index >= 15 is 0 Å². The van der Waals surface area contributed by atoms with Crippen molar-refractivity contribution in [1.29, 1.82) is 0 Å². The summed E-state index contributed by atoms with van der Waals surface area (Å²) in [5, 5.41) is 5.75. The van der Waals surface area contributed by atoms with Crippen LogP contribution in [0.2, 0.25) is 0 Å². The Morgan fingerprint density at radius 1 is 1.25 bits per heavy atom. The molecule has 1 heterocycles. The highest BCUT2D eigenvalue weighted by molar-refractivity contribution is 7.16. The van der Waals surface area contributed by atoms with Crippen molar-refractivity contribution >= 4 is 40.7 Å². The van der Waals surface area contributed by atoms with Crippen LogP contribution >= 0.6 is 23.7 Å². The van der Waals surface area contributed by atoms with Gasteiger partial charge in [-0.2, -0.15) is 0 Å². The molecule has 0 aliphatic rings. The van der Waals surface area contributed by atoms with Gasteiger partial charge in [0.05, 0.1) is 24.9 Å². The number of ether oxygens (including phenoxy) is 1. The van der Waals surface area contributed by atoms with Crippen molar-refractivity contribution < 1.29 is 14.3 Å². The number of rotatable bonds is 8. The SMILES string of the molecule is CCOc1ccc(-c2nc(NC(=O)CNC(=O)[C@@H](N)C(C)C)sc2C)cc1.Cl. The van der Waals surface area contributed by atoms with Gasteiger partial charge in [0.15, 0.2) is 5.13 Å². The number of halogens is 1. The Labute approximate surface area is 175 Å². The second kappa shape index (κ2) is 11.0. The zero-order valence-electron chi connectivity index (χ0n) is 16.4. The second-order valence-electron chi connectivity index (χ2n) is 6.42. The summed E-state index contributed by atoms with van der Waals surface area (Å²) in [7, 11) is 0. The molecule has 1 atom stereocenters. The van der Waals surface area contributed by atoms with E-state index in [4.69, 9.17) is 10.5 Å². The van der Waals surface area contributed by atoms with E-state index in [0.717, 1.165) is 21.9 Å². The first-order chi connectivity index (χ1) is 12.8. The van der Waals surface area contributed by atoms with Crippen LogP contribution in [0, 0.1) is 12.8 Å². The molecule has 0 aliphatic heterocycles. The number of benzene rings is 1. The highest BCUT2D eigenvalue weighted by Crippen LogP contribution is 2.31. The molecule has 28 heavy (non-hydrogen) atoms. The molecule has 0 unspecified atom stereocenters. The van der Waals surface area contributed by atoms with Crippen molar-refractivity contribution in [2.45, 2.75) is 33.7 Å². The number of nitrogens with zero attached hydrogens (tertiary/aromatic N) is 1. The predicted octanol–water partition coefficient (Wildman–Crippen LogP) is 2.98. The van der Waals surface area contributed by atoms with Crippen molar-refractivity contribution in [3.8, 4) is 17.0 Å². The van der Waals surface area contributed by atoms with Gasteiger partial charge in [-0.05, 0) is 44.0 Å². The average Bonchev–Trinajstić information content (AvgIpc) is 3.00. The number of hydrogen-bond donors (Lipinski definition) is 3. The molecule has 7 nitrogen and oxygen atoms in total. The summed E-state index contributed by atoms with van der Waals surface area (Å²) >= 11 is 1.39. The molecule has 2 aromatic rings. The van der Waals surface area contributed by atoms with E-state index in [1.165, 1.54) is 11.3 Å². The third-order valence-electron chi connectivity index (χ3n) is 3.93. The van der Waals surface area contributed by atoms with Crippen molar-refractivity contribution in [2.24, 2.45) is 11.7 Å². The lowest BCUT2D eigenvalue weighted by Gasteiger charge is -2.14. The molecule has 0 saturated carbocycles. The standard InChI is InChI=1S/C19H26N4O3S.ClH/c1-5-26-14-8-6-13(7-9-14)17-12(4)27-19(23-17)22-15(24)10-21-18(25)16(20)11(2)3;/h6-9,11,16H,5,10,20H2,1-4H3,(H,21,25)(H,22,23,24);1H/t16-;/m0./s1. The predicted molar refractivity (Wildman–Crippen MR) is 115 cm³/mol. The highest BCUT2D eigenvalue weighted by Gasteiger charge is 2.18. The Morgan fingerprint density at radius 2 is 1.89 bits per heavy atom. The number of nitrogens with two attached hydrogens (primary N) is 1. The zero-order valence-corrected chi connectivity index (χ0v) is 18.1. The van der Waals surface area contributed by atoms with E-state index in [9.17, 15) is 9.59 Å². The lowest BCUT2D eigenvalue weighted by atomic mass is 10.1. The van der Waals surface area contributed by atoms with E-state index in [1.54, 1.807) is 0 Å². The Balaban J connectivity index is 0.00000392. The molecule has 0 aliphatic carbocycles. The lowest BCUT2D eigenvalue weighted by Crippen LogP contribution is -2.46. The van der Waals surface area contributed by atoms with E-state index in [1.807, 2.05) is 52.0 Å². The number of carbonyl (C=O) groups is 2. The van der Waals surface area contributed by atoms with Crippen molar-refractivity contribution in [1.82, 2.24) is 10.3 Å². The fraction of sp³-hybridized carbons (Fsp3) is 0.421. The molecule has 2 amide bonds. The summed E-state index contributed by atoms with van der Waals surface area (Å²) < 4.78 is 5.44. The molecular weight excluding hydrogens is 400 g/mol. The molecule has 2 rings (SSSR count). The summed E-state index contributed by atoms with van der Waals surface area (Å²) in [5.74, 6) is 0.126. The first-order valence-corrected chi connectivity index (χ1v) is 9.67. The largest absolute Gasteiger partial charge is 0.494 e. The highest BCUT2D eigenvalue weighted by atomic mass is 35.5. The molecule has 0 fully saturated rings. The maximum absolute atomic E-state index is 12.1. The minimum absolute atomic E-state index is 0. The summed E-state index contributed by atoms with van der Waals surface area (Å²) in [6.07, 6.45) is 0. The number of carbonyl (C=O) groups excluding carboxylic acids is 2. The maximum Gasteiger partial charge on any atom is 0.245 e. The van der Waals surface area contributed by atoms with Gasteiger partial charge in [0.1, 0.15) is 5.75 Å². The smallest absolute Gasteiger partial charge is 0.245 e. The normalized spacial score (nSPS) is 11.5. The van der Waals surface area contributed by atoms with Crippen LogP contribution in [0.25, 0.3) is 11.3 Å². The van der Waals surface area contributed by atoms with Crippen molar-refractivity contribution in [2.75, 3.05) is 18.5 Å². The molecule has 1 aromatic heterocycles. The Hall–Kier alpha value is -2.16. The molecule has 1 aromatic carbocycles. The van der Waals surface area contributed by atoms with E-state index in [0.29, 0.717) is 11.7 Å². The van der Waals surface area contributed by atoms with Crippen LogP contribution in [0.4, 0.5) is 5.13 Å². The van der Waals surface area contributed by atoms with Crippen LogP contribution in [0.15, 0.2) is 24.3 Å². The molecule has 0 spiro atoms. The Morgan fingerprint density at radius 3 is 2.46 bits per heavy atom. The molecule has 0 radical (unpaired) electrons. The molecule has 0 saturated heterocycles. The van der Waals surface area contributed by atoms with Crippen molar-refractivity contribution in [3.05, 3.63) is 29.1 Å². The van der Waals surface area contributed by atoms with Crippen LogP contribution < -0.4 is 21.1 Å². The van der Waals surface area contributed by atoms with Gasteiger partial charge in [-0.25, -0.2) is 4.98 Å². The van der Waals surface area contributed by atoms with E-state index in [2.05, 4.69) is 15.6 Å². The lowest BCUT2D eigenvalue weighted by molar-refractivity contribution is -0.125. The number of nitrogens with one attached hydrogen (secondary N) is 2. The van der Waals surface area contributed by atoms with Crippen LogP contribution in [0.1, 0.15) is 25.6 Å². The summed E-state index contributed by atoms with van der Waals surface area (Å²) in [5.41, 5.74) is 7.51. The number of hydrogen-bond acceptors (Lipinski definition) is 6. The van der Waals surface area contributed by atoms with Gasteiger partial charge in [0, 0.05) is 10.4 Å². The minimum atomic E-state index is -0.633. The van der Waals surface area contributed by atoms with Gasteiger partial charge >= 0.3 is 0 Å². The molecule has 9 heteroatoms. The van der Waals surface area contributed by atoms with Crippen LogP contribution in [-0.4, -0.2) is 36.0 Å². The topological polar surface area (TPSA) is 106 Å². The van der Waals surface area contributed by atoms with Gasteiger partial charge in [-0.1, -0.05) is 13.8 Å². The average molecular weight is 427 g/mol. The maximum atomic E-state index is 12.1. The third kappa shape index (κ3) is 6.47. The molecule has 0 bridgehead atoms. The van der Waals surface area contributed by atoms with Crippen LogP contribution in [-0.2, 0) is 9.59 Å². The number of thiazole rings is 1. The van der Waals surface area contributed by atoms with Gasteiger partial charge < -0.3 is 21.1 Å². The zero-order chi connectivity index (χ0) is 20.0. The van der Waals surface area contributed by atoms with Crippen LogP contribution in [0.5, 0.6) is 5.75 Å². The minimum Gasteiger partial charge on any atom is -0.494 e. The summed E-state index contributed by atoms with van der Waals surface area (Å²) in [6.45, 7) is 8.06. The third-order valence-corrected chi connectivity index (χ3v) is 4.81.